The number of benzene rings is 3. The summed E-state index contributed by atoms with van der Waals surface area (Å²) in [6.45, 7) is 5.79. The van der Waals surface area contributed by atoms with Crippen molar-refractivity contribution in [2.75, 3.05) is 51.3 Å². The van der Waals surface area contributed by atoms with Crippen molar-refractivity contribution in [3.8, 4) is 22.5 Å². The maximum absolute atomic E-state index is 8.10. The monoisotopic (exact) mass is 442 g/mol. The topological polar surface area (TPSA) is 78.7 Å². The molecule has 170 valence electrons. The number of hydrogen-bond donors (Lipinski definition) is 2. The summed E-state index contributed by atoms with van der Waals surface area (Å²) in [6.07, 6.45) is 0. The molecule has 0 amide bonds. The Hall–Kier alpha value is -3.19. The number of morpholine rings is 1. The Morgan fingerprint density at radius 2 is 1.88 bits per heavy atom. The van der Waals surface area contributed by atoms with Crippen molar-refractivity contribution < 1.29 is 9.15 Å². The quantitative estimate of drug-likeness (QED) is 0.443. The van der Waals surface area contributed by atoms with Crippen molar-refractivity contribution in [1.29, 1.82) is 5.41 Å². The smallest absolute Gasteiger partial charge is 0.137 e. The number of likely N-dealkylation sites (N-methyl/N-ethyl adjacent to an activating group) is 1. The molecular weight excluding hydrogens is 412 g/mol. The highest BCUT2D eigenvalue weighted by molar-refractivity contribution is 6.02. The number of fused-ring (bicyclic) bond motifs is 2. The second kappa shape index (κ2) is 9.35. The van der Waals surface area contributed by atoms with E-state index in [1.54, 1.807) is 6.07 Å². The third-order valence-corrected chi connectivity index (χ3v) is 6.34. The van der Waals surface area contributed by atoms with E-state index in [9.17, 15) is 0 Å². The standard InChI is InChI=1S/C27H30N4O2/c1-30(10-9-28)22-6-8-24-26(17-22)33-25-16-21(29)5-7-23(25)27(24)20-4-2-3-19(15-20)18-31-11-13-32-14-12-31/h2-8,15-17,29H,9-14,18,28H2,1H3. The minimum atomic E-state index is 0.439. The molecule has 3 N–H and O–H groups in total. The summed E-state index contributed by atoms with van der Waals surface area (Å²) in [5.74, 6) is 0.724. The van der Waals surface area contributed by atoms with Gasteiger partial charge in [-0.3, -0.25) is 4.90 Å². The minimum absolute atomic E-state index is 0.439. The Morgan fingerprint density at radius 1 is 1.03 bits per heavy atom. The van der Waals surface area contributed by atoms with Crippen LogP contribution in [0.1, 0.15) is 5.56 Å². The summed E-state index contributed by atoms with van der Waals surface area (Å²) < 4.78 is 11.8. The molecule has 1 saturated heterocycles. The zero-order valence-electron chi connectivity index (χ0n) is 19.0. The van der Waals surface area contributed by atoms with Crippen molar-refractivity contribution in [2.45, 2.75) is 6.54 Å². The molecule has 33 heavy (non-hydrogen) atoms. The van der Waals surface area contributed by atoms with Gasteiger partial charge in [-0.2, -0.15) is 0 Å². The second-order valence-electron chi connectivity index (χ2n) is 8.67. The molecule has 0 radical (unpaired) electrons. The van der Waals surface area contributed by atoms with Gasteiger partial charge < -0.3 is 25.2 Å². The van der Waals surface area contributed by atoms with E-state index < -0.39 is 0 Å². The van der Waals surface area contributed by atoms with Crippen LogP contribution in [-0.2, 0) is 11.3 Å². The van der Waals surface area contributed by atoms with Gasteiger partial charge in [0.15, 0.2) is 0 Å². The fourth-order valence-electron chi connectivity index (χ4n) is 4.59. The van der Waals surface area contributed by atoms with Gasteiger partial charge in [0.05, 0.1) is 18.6 Å². The van der Waals surface area contributed by atoms with E-state index >= 15 is 0 Å². The van der Waals surface area contributed by atoms with Gasteiger partial charge in [0, 0.05) is 74.1 Å². The highest BCUT2D eigenvalue weighted by Crippen LogP contribution is 2.41. The third-order valence-electron chi connectivity index (χ3n) is 6.34. The van der Waals surface area contributed by atoms with E-state index in [-0.39, 0.29) is 0 Å². The van der Waals surface area contributed by atoms with Crippen LogP contribution in [0.4, 0.5) is 5.69 Å². The van der Waals surface area contributed by atoms with Gasteiger partial charge in [0.2, 0.25) is 0 Å². The number of nitrogens with two attached hydrogens (primary N) is 1. The first kappa shape index (κ1) is 21.6. The summed E-state index contributed by atoms with van der Waals surface area (Å²) in [6, 6.07) is 20.7. The van der Waals surface area contributed by atoms with Gasteiger partial charge in [-0.25, -0.2) is 0 Å². The molecule has 0 unspecified atom stereocenters. The summed E-state index contributed by atoms with van der Waals surface area (Å²) in [7, 11) is 2.03. The van der Waals surface area contributed by atoms with Gasteiger partial charge in [0.1, 0.15) is 11.3 Å². The molecule has 6 nitrogen and oxygen atoms in total. The lowest BCUT2D eigenvalue weighted by Crippen LogP contribution is -2.35. The van der Waals surface area contributed by atoms with Gasteiger partial charge in [-0.1, -0.05) is 18.2 Å². The average Bonchev–Trinajstić information content (AvgIpc) is 2.83. The molecule has 1 fully saturated rings. The fourth-order valence-corrected chi connectivity index (χ4v) is 4.59. The van der Waals surface area contributed by atoms with Crippen LogP contribution in [0, 0.1) is 5.41 Å². The van der Waals surface area contributed by atoms with E-state index in [0.717, 1.165) is 78.5 Å². The molecule has 2 aliphatic heterocycles. The van der Waals surface area contributed by atoms with Crippen LogP contribution in [0.5, 0.6) is 0 Å². The van der Waals surface area contributed by atoms with Crippen molar-refractivity contribution >= 4 is 16.7 Å². The van der Waals surface area contributed by atoms with Gasteiger partial charge in [-0.05, 0) is 41.5 Å². The predicted octanol–water partition coefficient (Wildman–Crippen LogP) is 3.91. The minimum Gasteiger partial charge on any atom is -0.456 e. The summed E-state index contributed by atoms with van der Waals surface area (Å²) in [5, 5.41) is 9.61. The molecule has 2 aromatic rings. The Kier molecular flexibility index (Phi) is 6.13. The highest BCUT2D eigenvalue weighted by atomic mass is 16.5. The van der Waals surface area contributed by atoms with Crippen molar-refractivity contribution in [1.82, 2.24) is 4.90 Å². The largest absolute Gasteiger partial charge is 0.456 e. The maximum atomic E-state index is 8.10. The van der Waals surface area contributed by atoms with Crippen molar-refractivity contribution in [3.63, 3.8) is 0 Å². The number of anilines is 1. The van der Waals surface area contributed by atoms with E-state index in [1.165, 1.54) is 5.56 Å². The maximum Gasteiger partial charge on any atom is 0.137 e. The third kappa shape index (κ3) is 4.50. The Balaban J connectivity index is 1.64. The Labute approximate surface area is 194 Å². The summed E-state index contributed by atoms with van der Waals surface area (Å²) in [4.78, 5) is 4.56. The molecule has 6 heteroatoms. The molecule has 0 spiro atoms. The fraction of sp³-hybridized carbons (Fsp3) is 0.296. The van der Waals surface area contributed by atoms with E-state index in [1.807, 2.05) is 19.2 Å². The Bertz CT molecular complexity index is 1290. The molecule has 0 atom stereocenters. The molecule has 0 bridgehead atoms. The lowest BCUT2D eigenvalue weighted by Gasteiger charge is -2.26. The SMILES string of the molecule is CN(CCN)c1ccc2c(-c3cccc(CN4CCOCC4)c3)c3ccc(=N)cc-3oc2c1. The summed E-state index contributed by atoms with van der Waals surface area (Å²) in [5.41, 5.74) is 12.2. The highest BCUT2D eigenvalue weighted by Gasteiger charge is 2.18. The number of nitrogens with one attached hydrogen (secondary N) is 1. The van der Waals surface area contributed by atoms with Gasteiger partial charge >= 0.3 is 0 Å². The van der Waals surface area contributed by atoms with Crippen LogP contribution in [0.2, 0.25) is 0 Å². The van der Waals surface area contributed by atoms with Crippen LogP contribution in [-0.4, -0.2) is 51.3 Å². The predicted molar refractivity (Wildman–Crippen MR) is 133 cm³/mol. The lowest BCUT2D eigenvalue weighted by molar-refractivity contribution is 0.0342. The number of ether oxygens (including phenoxy) is 1. The zero-order valence-corrected chi connectivity index (χ0v) is 19.0. The average molecular weight is 443 g/mol. The van der Waals surface area contributed by atoms with Crippen LogP contribution in [0.25, 0.3) is 33.4 Å². The van der Waals surface area contributed by atoms with Crippen molar-refractivity contribution in [3.05, 3.63) is 71.6 Å². The first-order valence-corrected chi connectivity index (χ1v) is 11.5. The molecule has 2 heterocycles. The van der Waals surface area contributed by atoms with E-state index in [4.69, 9.17) is 20.3 Å². The summed E-state index contributed by atoms with van der Waals surface area (Å²) >= 11 is 0. The van der Waals surface area contributed by atoms with E-state index in [2.05, 4.69) is 52.3 Å². The number of hydrogen-bond acceptors (Lipinski definition) is 6. The zero-order chi connectivity index (χ0) is 22.8. The molecule has 3 aliphatic rings. The van der Waals surface area contributed by atoms with Crippen molar-refractivity contribution in [2.24, 2.45) is 5.73 Å². The normalized spacial score (nSPS) is 14.7. The Morgan fingerprint density at radius 3 is 2.70 bits per heavy atom. The van der Waals surface area contributed by atoms with Gasteiger partial charge in [-0.15, -0.1) is 0 Å². The molecule has 5 rings (SSSR count). The number of nitrogens with zero attached hydrogens (tertiary/aromatic N) is 2. The van der Waals surface area contributed by atoms with Crippen LogP contribution >= 0.6 is 0 Å². The lowest BCUT2D eigenvalue weighted by atomic mass is 9.92. The molecular formula is C27H30N4O2. The van der Waals surface area contributed by atoms with Gasteiger partial charge in [0.25, 0.3) is 0 Å². The number of rotatable bonds is 6. The van der Waals surface area contributed by atoms with Crippen LogP contribution in [0.15, 0.2) is 65.1 Å². The second-order valence-corrected chi connectivity index (χ2v) is 8.67. The van der Waals surface area contributed by atoms with Crippen LogP contribution < -0.4 is 16.0 Å². The first-order chi connectivity index (χ1) is 16.1. The van der Waals surface area contributed by atoms with Crippen LogP contribution in [0.3, 0.4) is 0 Å². The van der Waals surface area contributed by atoms with E-state index in [0.29, 0.717) is 11.9 Å². The molecule has 2 aromatic carbocycles. The molecule has 0 saturated carbocycles. The first-order valence-electron chi connectivity index (χ1n) is 11.5. The molecule has 0 aromatic heterocycles. The molecule has 1 aliphatic carbocycles.